The smallest absolute Gasteiger partial charge is 0.310 e. The summed E-state index contributed by atoms with van der Waals surface area (Å²) in [6.45, 7) is 0. The van der Waals surface area contributed by atoms with Crippen molar-refractivity contribution in [2.24, 2.45) is 0 Å². The molecule has 2 aromatic carbocycles. The van der Waals surface area contributed by atoms with Gasteiger partial charge in [-0.25, -0.2) is 0 Å². The quantitative estimate of drug-likeness (QED) is 0.671. The number of nitro benzene ring substituents is 1. The molecule has 0 aliphatic heterocycles. The number of rotatable bonds is 3. The van der Waals surface area contributed by atoms with Crippen molar-refractivity contribution in [3.05, 3.63) is 63.2 Å². The summed E-state index contributed by atoms with van der Waals surface area (Å²) in [7, 11) is 0. The molecule has 2 rings (SSSR count). The maximum atomic E-state index is 11.9. The van der Waals surface area contributed by atoms with Crippen LogP contribution in [0.25, 0.3) is 0 Å². The number of nitrogens with one attached hydrogen (secondary N) is 1. The van der Waals surface area contributed by atoms with Gasteiger partial charge in [-0.15, -0.1) is 0 Å². The minimum absolute atomic E-state index is 0.0908. The van der Waals surface area contributed by atoms with Crippen LogP contribution in [0.5, 0.6) is 5.75 Å². The van der Waals surface area contributed by atoms with E-state index in [4.69, 9.17) is 11.6 Å². The fourth-order valence-electron chi connectivity index (χ4n) is 1.58. The first-order valence-corrected chi connectivity index (χ1v) is 5.90. The van der Waals surface area contributed by atoms with Crippen molar-refractivity contribution in [1.82, 2.24) is 0 Å². The Bertz CT molecular complexity index is 688. The molecule has 2 N–H and O–H groups in total. The number of anilines is 1. The molecule has 0 bridgehead atoms. The highest BCUT2D eigenvalue weighted by Gasteiger charge is 2.16. The zero-order valence-corrected chi connectivity index (χ0v) is 10.8. The van der Waals surface area contributed by atoms with Crippen LogP contribution in [-0.2, 0) is 0 Å². The van der Waals surface area contributed by atoms with E-state index in [0.717, 1.165) is 12.1 Å². The Morgan fingerprint density at radius 1 is 1.25 bits per heavy atom. The predicted molar refractivity (Wildman–Crippen MR) is 74.2 cm³/mol. The standard InChI is InChI=1S/C13H9ClN2O4/c14-9-3-1-2-4-10(9)15-13(18)8-5-6-11(16(19)20)12(17)7-8/h1-7,17H,(H,15,18). The van der Waals surface area contributed by atoms with E-state index in [1.807, 2.05) is 0 Å². The van der Waals surface area contributed by atoms with Crippen LogP contribution in [0.3, 0.4) is 0 Å². The average molecular weight is 293 g/mol. The molecule has 20 heavy (non-hydrogen) atoms. The van der Waals surface area contributed by atoms with Gasteiger partial charge in [0.2, 0.25) is 0 Å². The first kappa shape index (κ1) is 13.8. The van der Waals surface area contributed by atoms with E-state index in [9.17, 15) is 20.0 Å². The van der Waals surface area contributed by atoms with Gasteiger partial charge in [0.15, 0.2) is 5.75 Å². The molecule has 0 aliphatic carbocycles. The summed E-state index contributed by atoms with van der Waals surface area (Å²) >= 11 is 5.90. The van der Waals surface area contributed by atoms with Crippen LogP contribution in [0.15, 0.2) is 42.5 Å². The number of hydrogen-bond acceptors (Lipinski definition) is 4. The van der Waals surface area contributed by atoms with Crippen LogP contribution in [0, 0.1) is 10.1 Å². The molecule has 102 valence electrons. The Labute approximate surface area is 118 Å². The summed E-state index contributed by atoms with van der Waals surface area (Å²) in [6.07, 6.45) is 0. The fourth-order valence-corrected chi connectivity index (χ4v) is 1.76. The van der Waals surface area contributed by atoms with Gasteiger partial charge in [0.1, 0.15) is 0 Å². The summed E-state index contributed by atoms with van der Waals surface area (Å²) in [5, 5.41) is 23.0. The molecule has 0 spiro atoms. The molecule has 0 saturated carbocycles. The number of carbonyl (C=O) groups excluding carboxylic acids is 1. The Morgan fingerprint density at radius 3 is 2.55 bits per heavy atom. The van der Waals surface area contributed by atoms with Gasteiger partial charge in [0.05, 0.1) is 15.6 Å². The van der Waals surface area contributed by atoms with Crippen molar-refractivity contribution in [2.45, 2.75) is 0 Å². The van der Waals surface area contributed by atoms with Gasteiger partial charge in [-0.1, -0.05) is 23.7 Å². The normalized spacial score (nSPS) is 10.1. The molecule has 0 saturated heterocycles. The van der Waals surface area contributed by atoms with Gasteiger partial charge in [-0.05, 0) is 24.3 Å². The second-order valence-electron chi connectivity index (χ2n) is 3.89. The third-order valence-corrected chi connectivity index (χ3v) is 2.89. The Balaban J connectivity index is 2.24. The first-order chi connectivity index (χ1) is 9.49. The molecule has 0 aromatic heterocycles. The van der Waals surface area contributed by atoms with Gasteiger partial charge in [0, 0.05) is 11.6 Å². The zero-order chi connectivity index (χ0) is 14.7. The highest BCUT2D eigenvalue weighted by atomic mass is 35.5. The lowest BCUT2D eigenvalue weighted by Gasteiger charge is -2.07. The number of hydrogen-bond donors (Lipinski definition) is 2. The minimum atomic E-state index is -0.731. The van der Waals surface area contributed by atoms with E-state index >= 15 is 0 Å². The highest BCUT2D eigenvalue weighted by Crippen LogP contribution is 2.27. The molecule has 0 atom stereocenters. The van der Waals surface area contributed by atoms with E-state index < -0.39 is 22.3 Å². The summed E-state index contributed by atoms with van der Waals surface area (Å²) < 4.78 is 0. The second-order valence-corrected chi connectivity index (χ2v) is 4.30. The van der Waals surface area contributed by atoms with E-state index in [-0.39, 0.29) is 5.56 Å². The van der Waals surface area contributed by atoms with Gasteiger partial charge >= 0.3 is 5.69 Å². The van der Waals surface area contributed by atoms with Gasteiger partial charge in [-0.2, -0.15) is 0 Å². The lowest BCUT2D eigenvalue weighted by atomic mass is 10.1. The number of halogens is 1. The molecule has 0 aliphatic rings. The van der Waals surface area contributed by atoms with Crippen LogP contribution in [0.2, 0.25) is 5.02 Å². The van der Waals surface area contributed by atoms with Crippen LogP contribution >= 0.6 is 11.6 Å². The molecule has 0 fully saturated rings. The van der Waals surface area contributed by atoms with Crippen molar-refractivity contribution in [3.63, 3.8) is 0 Å². The number of amides is 1. The van der Waals surface area contributed by atoms with Crippen molar-refractivity contribution < 1.29 is 14.8 Å². The number of phenolic OH excluding ortho intramolecular Hbond substituents is 1. The largest absolute Gasteiger partial charge is 0.502 e. The molecule has 1 amide bonds. The van der Waals surface area contributed by atoms with E-state index in [2.05, 4.69) is 5.32 Å². The molecule has 7 heteroatoms. The van der Waals surface area contributed by atoms with Gasteiger partial charge in [-0.3, -0.25) is 14.9 Å². The van der Waals surface area contributed by atoms with E-state index in [0.29, 0.717) is 10.7 Å². The van der Waals surface area contributed by atoms with Crippen molar-refractivity contribution in [3.8, 4) is 5.75 Å². The molecular weight excluding hydrogens is 284 g/mol. The lowest BCUT2D eigenvalue weighted by molar-refractivity contribution is -0.385. The minimum Gasteiger partial charge on any atom is -0.502 e. The number of phenols is 1. The fraction of sp³-hybridized carbons (Fsp3) is 0. The highest BCUT2D eigenvalue weighted by molar-refractivity contribution is 6.33. The topological polar surface area (TPSA) is 92.5 Å². The Kier molecular flexibility index (Phi) is 3.86. The number of carbonyl (C=O) groups is 1. The van der Waals surface area contributed by atoms with Crippen LogP contribution in [0.1, 0.15) is 10.4 Å². The van der Waals surface area contributed by atoms with Crippen LogP contribution < -0.4 is 5.32 Å². The summed E-state index contributed by atoms with van der Waals surface area (Å²) in [6, 6.07) is 10.0. The Morgan fingerprint density at radius 2 is 1.95 bits per heavy atom. The second kappa shape index (κ2) is 5.58. The number of nitro groups is 1. The third-order valence-electron chi connectivity index (χ3n) is 2.56. The lowest BCUT2D eigenvalue weighted by Crippen LogP contribution is -2.12. The van der Waals surface area contributed by atoms with Crippen molar-refractivity contribution in [2.75, 3.05) is 5.32 Å². The molecular formula is C13H9ClN2O4. The molecule has 0 radical (unpaired) electrons. The zero-order valence-electron chi connectivity index (χ0n) is 10.0. The summed E-state index contributed by atoms with van der Waals surface area (Å²) in [4.78, 5) is 21.8. The first-order valence-electron chi connectivity index (χ1n) is 5.52. The summed E-state index contributed by atoms with van der Waals surface area (Å²) in [5.74, 6) is -1.09. The number of aromatic hydroxyl groups is 1. The number of para-hydroxylation sites is 1. The summed E-state index contributed by atoms with van der Waals surface area (Å²) in [5.41, 5.74) is 0.0457. The van der Waals surface area contributed by atoms with Crippen molar-refractivity contribution >= 4 is 28.9 Å². The van der Waals surface area contributed by atoms with Crippen LogP contribution in [0.4, 0.5) is 11.4 Å². The molecule has 6 nitrogen and oxygen atoms in total. The SMILES string of the molecule is O=C(Nc1ccccc1Cl)c1ccc([N+](=O)[O-])c(O)c1. The van der Waals surface area contributed by atoms with Gasteiger partial charge < -0.3 is 10.4 Å². The molecule has 0 unspecified atom stereocenters. The predicted octanol–water partition coefficient (Wildman–Crippen LogP) is 3.21. The van der Waals surface area contributed by atoms with Crippen molar-refractivity contribution in [1.29, 1.82) is 0 Å². The monoisotopic (exact) mass is 292 g/mol. The van der Waals surface area contributed by atoms with Gasteiger partial charge in [0.25, 0.3) is 5.91 Å². The molecule has 0 heterocycles. The van der Waals surface area contributed by atoms with Crippen LogP contribution in [-0.4, -0.2) is 15.9 Å². The number of nitrogens with zero attached hydrogens (tertiary/aromatic N) is 1. The molecule has 2 aromatic rings. The van der Waals surface area contributed by atoms with E-state index in [1.54, 1.807) is 24.3 Å². The third kappa shape index (κ3) is 2.86. The Hall–Kier alpha value is -2.60. The maximum absolute atomic E-state index is 11.9. The average Bonchev–Trinajstić information content (AvgIpc) is 2.40. The number of benzene rings is 2. The van der Waals surface area contributed by atoms with E-state index in [1.165, 1.54) is 6.07 Å². The maximum Gasteiger partial charge on any atom is 0.310 e.